The predicted octanol–water partition coefficient (Wildman–Crippen LogP) is 3.93. The average molecular weight is 545 g/mol. The lowest BCUT2D eigenvalue weighted by molar-refractivity contribution is 0.0420. The highest BCUT2D eigenvalue weighted by atomic mass is 127. The monoisotopic (exact) mass is 544 g/mol. The number of benzene rings is 1. The van der Waals surface area contributed by atoms with Crippen molar-refractivity contribution >= 4 is 29.9 Å². The van der Waals surface area contributed by atoms with E-state index in [-0.39, 0.29) is 30.1 Å². The van der Waals surface area contributed by atoms with Crippen LogP contribution in [0.2, 0.25) is 0 Å². The number of hydrogen-bond acceptors (Lipinski definition) is 4. The van der Waals surface area contributed by atoms with E-state index >= 15 is 0 Å². The first kappa shape index (κ1) is 26.4. The number of halogens is 1. The van der Waals surface area contributed by atoms with Gasteiger partial charge < -0.3 is 20.1 Å². The van der Waals surface area contributed by atoms with E-state index in [0.29, 0.717) is 6.54 Å². The SMILES string of the molecule is CCNC(=NCc1ccc(CN2CCCCCC2)cc1)NCCCOC1CCOC1.I. The Balaban J connectivity index is 0.00000341. The molecule has 2 aliphatic rings. The zero-order valence-corrected chi connectivity index (χ0v) is 21.4. The molecule has 6 nitrogen and oxygen atoms in total. The summed E-state index contributed by atoms with van der Waals surface area (Å²) in [6.07, 6.45) is 7.73. The van der Waals surface area contributed by atoms with Crippen molar-refractivity contribution in [2.75, 3.05) is 46.0 Å². The highest BCUT2D eigenvalue weighted by Crippen LogP contribution is 2.14. The number of nitrogens with zero attached hydrogens (tertiary/aromatic N) is 2. The van der Waals surface area contributed by atoms with E-state index in [1.165, 1.54) is 49.9 Å². The van der Waals surface area contributed by atoms with E-state index < -0.39 is 0 Å². The third kappa shape index (κ3) is 10.5. The number of hydrogen-bond donors (Lipinski definition) is 2. The van der Waals surface area contributed by atoms with Gasteiger partial charge in [-0.15, -0.1) is 24.0 Å². The molecular formula is C24H41IN4O2. The lowest BCUT2D eigenvalue weighted by Crippen LogP contribution is -2.38. The zero-order chi connectivity index (χ0) is 20.9. The number of guanidine groups is 1. The Hall–Kier alpha value is -0.900. The minimum atomic E-state index is 0. The van der Waals surface area contributed by atoms with Crippen molar-refractivity contribution < 1.29 is 9.47 Å². The van der Waals surface area contributed by atoms with Crippen molar-refractivity contribution in [1.82, 2.24) is 15.5 Å². The van der Waals surface area contributed by atoms with E-state index in [1.807, 2.05) is 0 Å². The third-order valence-electron chi connectivity index (χ3n) is 5.75. The Bertz CT molecular complexity index is 613. The number of nitrogens with one attached hydrogen (secondary N) is 2. The fourth-order valence-corrected chi connectivity index (χ4v) is 3.99. The van der Waals surface area contributed by atoms with Crippen molar-refractivity contribution in [3.63, 3.8) is 0 Å². The molecule has 0 radical (unpaired) electrons. The summed E-state index contributed by atoms with van der Waals surface area (Å²) < 4.78 is 11.2. The first-order valence-corrected chi connectivity index (χ1v) is 11.8. The molecule has 1 aromatic rings. The molecule has 1 aromatic carbocycles. The van der Waals surface area contributed by atoms with Gasteiger partial charge in [-0.25, -0.2) is 4.99 Å². The van der Waals surface area contributed by atoms with Crippen LogP contribution in [-0.2, 0) is 22.6 Å². The predicted molar refractivity (Wildman–Crippen MR) is 138 cm³/mol. The van der Waals surface area contributed by atoms with Gasteiger partial charge in [0.1, 0.15) is 0 Å². The summed E-state index contributed by atoms with van der Waals surface area (Å²) in [4.78, 5) is 7.33. The summed E-state index contributed by atoms with van der Waals surface area (Å²) in [6, 6.07) is 8.97. The van der Waals surface area contributed by atoms with Gasteiger partial charge in [-0.2, -0.15) is 0 Å². The Morgan fingerprint density at radius 3 is 2.52 bits per heavy atom. The molecule has 0 aliphatic carbocycles. The molecule has 0 aromatic heterocycles. The lowest BCUT2D eigenvalue weighted by atomic mass is 10.1. The standard InChI is InChI=1S/C24H40N4O2.HI/c1-2-25-24(26-13-7-16-30-23-12-17-29-20-23)27-18-21-8-10-22(11-9-21)19-28-14-5-3-4-6-15-28;/h8-11,23H,2-7,12-20H2,1H3,(H2,25,26,27);1H. The summed E-state index contributed by atoms with van der Waals surface area (Å²) in [5.41, 5.74) is 2.65. The van der Waals surface area contributed by atoms with Crippen LogP contribution in [0.1, 0.15) is 56.6 Å². The molecule has 0 amide bonds. The van der Waals surface area contributed by atoms with Crippen LogP contribution in [0.4, 0.5) is 0 Å². The number of likely N-dealkylation sites (tertiary alicyclic amines) is 1. The minimum Gasteiger partial charge on any atom is -0.379 e. The summed E-state index contributed by atoms with van der Waals surface area (Å²) >= 11 is 0. The van der Waals surface area contributed by atoms with Gasteiger partial charge in [0.25, 0.3) is 0 Å². The molecule has 1 unspecified atom stereocenters. The van der Waals surface area contributed by atoms with E-state index in [9.17, 15) is 0 Å². The maximum absolute atomic E-state index is 5.82. The third-order valence-corrected chi connectivity index (χ3v) is 5.75. The minimum absolute atomic E-state index is 0. The van der Waals surface area contributed by atoms with E-state index in [1.54, 1.807) is 0 Å². The molecule has 2 heterocycles. The molecule has 3 rings (SSSR count). The Morgan fingerprint density at radius 1 is 1.10 bits per heavy atom. The molecule has 2 saturated heterocycles. The van der Waals surface area contributed by atoms with Crippen LogP contribution in [0.25, 0.3) is 0 Å². The summed E-state index contributed by atoms with van der Waals surface area (Å²) in [5, 5.41) is 6.74. The van der Waals surface area contributed by atoms with Crippen molar-refractivity contribution in [3.05, 3.63) is 35.4 Å². The van der Waals surface area contributed by atoms with Gasteiger partial charge in [0.2, 0.25) is 0 Å². The second kappa shape index (κ2) is 15.8. The maximum atomic E-state index is 5.82. The number of ether oxygens (including phenoxy) is 2. The molecule has 2 fully saturated rings. The fourth-order valence-electron chi connectivity index (χ4n) is 3.99. The molecule has 2 N–H and O–H groups in total. The van der Waals surface area contributed by atoms with Gasteiger partial charge in [0, 0.05) is 32.8 Å². The van der Waals surface area contributed by atoms with E-state index in [0.717, 1.165) is 58.3 Å². The van der Waals surface area contributed by atoms with Crippen molar-refractivity contribution in [2.24, 2.45) is 4.99 Å². The van der Waals surface area contributed by atoms with Crippen LogP contribution in [0, 0.1) is 0 Å². The smallest absolute Gasteiger partial charge is 0.191 e. The van der Waals surface area contributed by atoms with Crippen LogP contribution in [-0.4, -0.2) is 63.0 Å². The molecule has 1 atom stereocenters. The number of rotatable bonds is 10. The molecule has 0 saturated carbocycles. The number of aliphatic imine (C=N–C) groups is 1. The maximum Gasteiger partial charge on any atom is 0.191 e. The van der Waals surface area contributed by atoms with E-state index in [4.69, 9.17) is 14.5 Å². The van der Waals surface area contributed by atoms with Crippen LogP contribution in [0.15, 0.2) is 29.3 Å². The van der Waals surface area contributed by atoms with Crippen LogP contribution >= 0.6 is 24.0 Å². The first-order valence-electron chi connectivity index (χ1n) is 11.8. The Labute approximate surface area is 205 Å². The Morgan fingerprint density at radius 2 is 1.84 bits per heavy atom. The van der Waals surface area contributed by atoms with Crippen LogP contribution in [0.3, 0.4) is 0 Å². The average Bonchev–Trinajstić information content (AvgIpc) is 3.15. The quantitative estimate of drug-likeness (QED) is 0.202. The largest absolute Gasteiger partial charge is 0.379 e. The highest BCUT2D eigenvalue weighted by Gasteiger charge is 2.15. The van der Waals surface area contributed by atoms with Gasteiger partial charge in [0.05, 0.1) is 19.3 Å². The van der Waals surface area contributed by atoms with Gasteiger partial charge in [-0.3, -0.25) is 4.90 Å². The zero-order valence-electron chi connectivity index (χ0n) is 19.1. The topological polar surface area (TPSA) is 58.1 Å². The molecular weight excluding hydrogens is 503 g/mol. The molecule has 2 aliphatic heterocycles. The van der Waals surface area contributed by atoms with E-state index in [2.05, 4.69) is 46.7 Å². The van der Waals surface area contributed by atoms with Gasteiger partial charge >= 0.3 is 0 Å². The molecule has 176 valence electrons. The second-order valence-electron chi connectivity index (χ2n) is 8.34. The second-order valence-corrected chi connectivity index (χ2v) is 8.34. The summed E-state index contributed by atoms with van der Waals surface area (Å²) in [6.45, 7) is 10.4. The molecule has 31 heavy (non-hydrogen) atoms. The van der Waals surface area contributed by atoms with Gasteiger partial charge in [-0.1, -0.05) is 37.1 Å². The molecule has 7 heteroatoms. The first-order chi connectivity index (χ1) is 14.8. The van der Waals surface area contributed by atoms with Crippen molar-refractivity contribution in [1.29, 1.82) is 0 Å². The van der Waals surface area contributed by atoms with Crippen molar-refractivity contribution in [3.8, 4) is 0 Å². The highest BCUT2D eigenvalue weighted by molar-refractivity contribution is 14.0. The Kier molecular flexibility index (Phi) is 13.5. The van der Waals surface area contributed by atoms with Gasteiger partial charge in [-0.05, 0) is 56.8 Å². The summed E-state index contributed by atoms with van der Waals surface area (Å²) in [7, 11) is 0. The van der Waals surface area contributed by atoms with Crippen LogP contribution in [0.5, 0.6) is 0 Å². The molecule has 0 spiro atoms. The fraction of sp³-hybridized carbons (Fsp3) is 0.708. The summed E-state index contributed by atoms with van der Waals surface area (Å²) in [5.74, 6) is 0.871. The normalized spacial score (nSPS) is 20.2. The lowest BCUT2D eigenvalue weighted by Gasteiger charge is -2.19. The van der Waals surface area contributed by atoms with Crippen LogP contribution < -0.4 is 10.6 Å². The molecule has 0 bridgehead atoms. The van der Waals surface area contributed by atoms with Gasteiger partial charge in [0.15, 0.2) is 5.96 Å². The van der Waals surface area contributed by atoms with Crippen molar-refractivity contribution in [2.45, 2.75) is 64.6 Å².